The van der Waals surface area contributed by atoms with Crippen LogP contribution < -0.4 is 0 Å². The molecule has 0 atom stereocenters. The van der Waals surface area contributed by atoms with Crippen molar-refractivity contribution in [2.24, 2.45) is 4.99 Å². The summed E-state index contributed by atoms with van der Waals surface area (Å²) in [5.74, 6) is -1.19. The maximum Gasteiger partial charge on any atom is 0.337 e. The summed E-state index contributed by atoms with van der Waals surface area (Å²) in [6.45, 7) is 3.80. The Morgan fingerprint density at radius 3 is 2.30 bits per heavy atom. The minimum absolute atomic E-state index is 0.00436. The quantitative estimate of drug-likeness (QED) is 0.531. The molecule has 0 fully saturated rings. The standard InChI is InChI=1S/C22H20N2O3/c1-15-8-9-16(2)24(15)20-12-18(10-11-19(20)22(26)27)21(25)14-23-13-17-6-4-3-5-7-17/h3-13H,14H2,1-2H3,(H,26,27). The van der Waals surface area contributed by atoms with Gasteiger partial charge in [-0.3, -0.25) is 9.79 Å². The Morgan fingerprint density at radius 2 is 1.67 bits per heavy atom. The van der Waals surface area contributed by atoms with Crippen molar-refractivity contribution < 1.29 is 14.7 Å². The third-order valence-electron chi connectivity index (χ3n) is 4.34. The van der Waals surface area contributed by atoms with E-state index in [0.717, 1.165) is 17.0 Å². The number of carboxylic acids is 1. The molecule has 0 aliphatic carbocycles. The van der Waals surface area contributed by atoms with Crippen molar-refractivity contribution in [3.8, 4) is 5.69 Å². The van der Waals surface area contributed by atoms with Crippen molar-refractivity contribution in [2.45, 2.75) is 13.8 Å². The Labute approximate surface area is 157 Å². The second-order valence-electron chi connectivity index (χ2n) is 6.29. The van der Waals surface area contributed by atoms with Crippen LogP contribution in [0.15, 0.2) is 65.7 Å². The van der Waals surface area contributed by atoms with Gasteiger partial charge in [-0.15, -0.1) is 0 Å². The number of benzene rings is 2. The van der Waals surface area contributed by atoms with E-state index in [9.17, 15) is 14.7 Å². The molecule has 0 aliphatic rings. The average Bonchev–Trinajstić information content (AvgIpc) is 3.00. The molecule has 0 spiro atoms. The Hall–Kier alpha value is -3.47. The highest BCUT2D eigenvalue weighted by Crippen LogP contribution is 2.22. The van der Waals surface area contributed by atoms with Gasteiger partial charge in [0.2, 0.25) is 0 Å². The number of rotatable bonds is 6. The van der Waals surface area contributed by atoms with E-state index in [1.54, 1.807) is 18.3 Å². The van der Waals surface area contributed by atoms with Crippen LogP contribution in [0.1, 0.15) is 37.7 Å². The Bertz CT molecular complexity index is 998. The highest BCUT2D eigenvalue weighted by atomic mass is 16.4. The number of Topliss-reactive ketones (excluding diaryl/α,β-unsaturated/α-hetero) is 1. The number of ketones is 1. The number of hydrogen-bond donors (Lipinski definition) is 1. The molecule has 0 unspecified atom stereocenters. The molecular formula is C22H20N2O3. The summed E-state index contributed by atoms with van der Waals surface area (Å²) in [4.78, 5) is 28.4. The summed E-state index contributed by atoms with van der Waals surface area (Å²) in [5, 5.41) is 9.52. The number of hydrogen-bond acceptors (Lipinski definition) is 3. The summed E-state index contributed by atoms with van der Waals surface area (Å²) in [5.41, 5.74) is 3.81. The zero-order valence-electron chi connectivity index (χ0n) is 15.2. The molecule has 0 saturated heterocycles. The van der Waals surface area contributed by atoms with Crippen LogP contribution in [0, 0.1) is 13.8 Å². The number of aliphatic imine (C=N–C) groups is 1. The van der Waals surface area contributed by atoms with Crippen molar-refractivity contribution in [3.63, 3.8) is 0 Å². The van der Waals surface area contributed by atoms with Gasteiger partial charge in [-0.2, -0.15) is 0 Å². The molecule has 1 aromatic heterocycles. The van der Waals surface area contributed by atoms with Gasteiger partial charge in [-0.25, -0.2) is 4.79 Å². The Balaban J connectivity index is 1.90. The first kappa shape index (κ1) is 18.3. The van der Waals surface area contributed by atoms with Gasteiger partial charge in [0.05, 0.1) is 11.3 Å². The lowest BCUT2D eigenvalue weighted by molar-refractivity contribution is 0.0696. The highest BCUT2D eigenvalue weighted by Gasteiger charge is 2.17. The number of carbonyl (C=O) groups excluding carboxylic acids is 1. The summed E-state index contributed by atoms with van der Waals surface area (Å²) in [7, 11) is 0. The van der Waals surface area contributed by atoms with Gasteiger partial charge in [0.1, 0.15) is 6.54 Å². The molecule has 0 bridgehead atoms. The molecule has 5 nitrogen and oxygen atoms in total. The van der Waals surface area contributed by atoms with E-state index in [2.05, 4.69) is 4.99 Å². The number of aryl methyl sites for hydroxylation is 2. The predicted octanol–water partition coefficient (Wildman–Crippen LogP) is 4.09. The van der Waals surface area contributed by atoms with Gasteiger partial charge in [-0.1, -0.05) is 36.4 Å². The second-order valence-corrected chi connectivity index (χ2v) is 6.29. The molecule has 0 radical (unpaired) electrons. The molecule has 1 N–H and O–H groups in total. The van der Waals surface area contributed by atoms with Gasteiger partial charge in [0.15, 0.2) is 5.78 Å². The first-order valence-electron chi connectivity index (χ1n) is 8.58. The average molecular weight is 360 g/mol. The van der Waals surface area contributed by atoms with E-state index in [1.165, 1.54) is 6.07 Å². The molecule has 27 heavy (non-hydrogen) atoms. The van der Waals surface area contributed by atoms with E-state index in [0.29, 0.717) is 11.3 Å². The fourth-order valence-corrected chi connectivity index (χ4v) is 2.98. The van der Waals surface area contributed by atoms with Crippen molar-refractivity contribution in [1.82, 2.24) is 4.57 Å². The largest absolute Gasteiger partial charge is 0.478 e. The van der Waals surface area contributed by atoms with Crippen molar-refractivity contribution in [3.05, 3.63) is 88.7 Å². The minimum Gasteiger partial charge on any atom is -0.478 e. The summed E-state index contributed by atoms with van der Waals surface area (Å²) in [6.07, 6.45) is 1.66. The van der Waals surface area contributed by atoms with Crippen LogP contribution in [-0.2, 0) is 0 Å². The van der Waals surface area contributed by atoms with Gasteiger partial charge in [-0.05, 0) is 43.7 Å². The SMILES string of the molecule is Cc1ccc(C)n1-c1cc(C(=O)CN=Cc2ccccc2)ccc1C(=O)O. The van der Waals surface area contributed by atoms with Crippen LogP contribution >= 0.6 is 0 Å². The van der Waals surface area contributed by atoms with Crippen LogP contribution in [-0.4, -0.2) is 34.2 Å². The molecular weight excluding hydrogens is 340 g/mol. The van der Waals surface area contributed by atoms with Crippen LogP contribution in [0.25, 0.3) is 5.69 Å². The van der Waals surface area contributed by atoms with Gasteiger partial charge >= 0.3 is 5.97 Å². The fourth-order valence-electron chi connectivity index (χ4n) is 2.98. The minimum atomic E-state index is -1.03. The van der Waals surface area contributed by atoms with Crippen molar-refractivity contribution in [1.29, 1.82) is 0 Å². The van der Waals surface area contributed by atoms with E-state index in [4.69, 9.17) is 0 Å². The molecule has 3 rings (SSSR count). The predicted molar refractivity (Wildman–Crippen MR) is 105 cm³/mol. The third-order valence-corrected chi connectivity index (χ3v) is 4.34. The Kier molecular flexibility index (Phi) is 5.31. The maximum absolute atomic E-state index is 12.5. The summed E-state index contributed by atoms with van der Waals surface area (Å²) in [6, 6.07) is 18.0. The van der Waals surface area contributed by atoms with E-state index in [1.807, 2.05) is 60.9 Å². The van der Waals surface area contributed by atoms with Crippen LogP contribution in [0.5, 0.6) is 0 Å². The van der Waals surface area contributed by atoms with Crippen LogP contribution in [0.2, 0.25) is 0 Å². The molecule has 136 valence electrons. The number of nitrogens with zero attached hydrogens (tertiary/aromatic N) is 2. The number of carbonyl (C=O) groups is 2. The van der Waals surface area contributed by atoms with Gasteiger partial charge < -0.3 is 9.67 Å². The van der Waals surface area contributed by atoms with Crippen LogP contribution in [0.3, 0.4) is 0 Å². The lowest BCUT2D eigenvalue weighted by atomic mass is 10.0. The lowest BCUT2D eigenvalue weighted by Crippen LogP contribution is -2.11. The summed E-state index contributed by atoms with van der Waals surface area (Å²) < 4.78 is 1.84. The van der Waals surface area contributed by atoms with Crippen LogP contribution in [0.4, 0.5) is 0 Å². The highest BCUT2D eigenvalue weighted by molar-refractivity contribution is 6.01. The third kappa shape index (κ3) is 4.03. The summed E-state index contributed by atoms with van der Waals surface area (Å²) >= 11 is 0. The zero-order chi connectivity index (χ0) is 19.4. The smallest absolute Gasteiger partial charge is 0.337 e. The Morgan fingerprint density at radius 1 is 1.00 bits per heavy atom. The normalized spacial score (nSPS) is 11.0. The van der Waals surface area contributed by atoms with E-state index in [-0.39, 0.29) is 17.9 Å². The molecule has 5 heteroatoms. The first-order valence-corrected chi connectivity index (χ1v) is 8.58. The topological polar surface area (TPSA) is 71.7 Å². The molecule has 1 heterocycles. The van der Waals surface area contributed by atoms with Gasteiger partial charge in [0.25, 0.3) is 0 Å². The second kappa shape index (κ2) is 7.83. The van der Waals surface area contributed by atoms with E-state index >= 15 is 0 Å². The van der Waals surface area contributed by atoms with E-state index < -0.39 is 5.97 Å². The maximum atomic E-state index is 12.5. The molecule has 0 amide bonds. The van der Waals surface area contributed by atoms with Gasteiger partial charge in [0, 0.05) is 23.2 Å². The number of aromatic carboxylic acids is 1. The monoisotopic (exact) mass is 360 g/mol. The molecule has 0 saturated carbocycles. The zero-order valence-corrected chi connectivity index (χ0v) is 15.2. The fraction of sp³-hybridized carbons (Fsp3) is 0.136. The lowest BCUT2D eigenvalue weighted by Gasteiger charge is -2.14. The molecule has 2 aromatic carbocycles. The number of aromatic nitrogens is 1. The van der Waals surface area contributed by atoms with Crippen molar-refractivity contribution >= 4 is 18.0 Å². The molecule has 3 aromatic rings. The first-order chi connectivity index (χ1) is 13.0. The molecule has 0 aliphatic heterocycles. The van der Waals surface area contributed by atoms with Crippen molar-refractivity contribution in [2.75, 3.05) is 6.54 Å². The number of carboxylic acid groups (broad SMARTS) is 1.